The number of alkyl halides is 3. The highest BCUT2D eigenvalue weighted by molar-refractivity contribution is 9.10. The van der Waals surface area contributed by atoms with Gasteiger partial charge >= 0.3 is 12.2 Å². The molecule has 15 heteroatoms. The topological polar surface area (TPSA) is 106 Å². The Bertz CT molecular complexity index is 1640. The molecule has 2 aliphatic rings. The van der Waals surface area contributed by atoms with Gasteiger partial charge in [0.15, 0.2) is 5.82 Å². The van der Waals surface area contributed by atoms with E-state index in [9.17, 15) is 22.8 Å². The lowest BCUT2D eigenvalue weighted by Crippen LogP contribution is -2.53. The Balaban J connectivity index is 1.54. The maximum atomic E-state index is 13.8. The number of fused-ring (bicyclic) bond motifs is 1. The number of anilines is 6. The van der Waals surface area contributed by atoms with Gasteiger partial charge in [-0.2, -0.15) is 18.2 Å². The van der Waals surface area contributed by atoms with Gasteiger partial charge in [-0.15, -0.1) is 0 Å². The Morgan fingerprint density at radius 3 is 2.54 bits per heavy atom. The van der Waals surface area contributed by atoms with Gasteiger partial charge in [-0.25, -0.2) is 14.7 Å². The molecule has 3 heterocycles. The Hall–Kier alpha value is -4.37. The summed E-state index contributed by atoms with van der Waals surface area (Å²) in [6, 6.07) is 7.51. The molecule has 0 aliphatic carbocycles. The summed E-state index contributed by atoms with van der Waals surface area (Å²) in [5.41, 5.74) is 2.35. The van der Waals surface area contributed by atoms with Crippen molar-refractivity contribution in [2.75, 3.05) is 54.7 Å². The van der Waals surface area contributed by atoms with E-state index in [1.54, 1.807) is 30.3 Å². The molecule has 1 aromatic heterocycles. The third-order valence-electron chi connectivity index (χ3n) is 8.10. The number of methoxy groups -OCH3 is 1. The second-order valence-electron chi connectivity index (χ2n) is 11.2. The van der Waals surface area contributed by atoms with Gasteiger partial charge in [-0.05, 0) is 63.8 Å². The molecule has 11 nitrogen and oxygen atoms in total. The minimum Gasteiger partial charge on any atom is -0.494 e. The van der Waals surface area contributed by atoms with Crippen molar-refractivity contribution in [2.24, 2.45) is 0 Å². The van der Waals surface area contributed by atoms with Gasteiger partial charge in [0, 0.05) is 41.4 Å². The first-order valence-corrected chi connectivity index (χ1v) is 15.2. The largest absolute Gasteiger partial charge is 0.494 e. The average molecular weight is 704 g/mol. The van der Waals surface area contributed by atoms with Crippen LogP contribution in [0.4, 0.5) is 52.5 Å². The fourth-order valence-corrected chi connectivity index (χ4v) is 5.68. The SMILES string of the molecule is C=CC(=O)Nc1cc(Nc2ncc3c(n2)N(c2ccc(Br)cc2)C(=O)N([C@@H](C)C(F)(F)F)C3)c(OC)cc1N1CC[C@@H](N(C)C)C1. The second-order valence-corrected chi connectivity index (χ2v) is 12.1. The van der Waals surface area contributed by atoms with Crippen LogP contribution in [0.25, 0.3) is 0 Å². The molecule has 2 aromatic carbocycles. The van der Waals surface area contributed by atoms with Crippen molar-refractivity contribution in [3.05, 3.63) is 65.3 Å². The lowest BCUT2D eigenvalue weighted by atomic mass is 10.1. The van der Waals surface area contributed by atoms with Gasteiger partial charge in [0.2, 0.25) is 11.9 Å². The predicted octanol–water partition coefficient (Wildman–Crippen LogP) is 6.28. The second kappa shape index (κ2) is 13.2. The molecule has 0 radical (unpaired) electrons. The molecule has 2 aliphatic heterocycles. The standard InChI is InChI=1S/C31H34BrF3N8O3/c1-6-27(44)37-23-13-24(26(46-5)14-25(23)41-12-11-22(17-41)40(3)4)38-29-36-15-19-16-42(18(2)31(33,34)35)30(45)43(28(19)39-29)21-9-7-20(32)8-10-21/h6-10,13-15,18,22H,1,11-12,16-17H2,2-5H3,(H,37,44)(H,36,38,39)/t18-,22+/m0/s1. The smallest absolute Gasteiger partial charge is 0.408 e. The molecule has 0 unspecified atom stereocenters. The molecule has 3 amide bonds. The monoisotopic (exact) mass is 702 g/mol. The molecule has 0 bridgehead atoms. The van der Waals surface area contributed by atoms with Gasteiger partial charge in [0.05, 0.1) is 36.4 Å². The average Bonchev–Trinajstić information content (AvgIpc) is 3.51. The highest BCUT2D eigenvalue weighted by Gasteiger charge is 2.46. The minimum absolute atomic E-state index is 0.0619. The number of hydrogen-bond donors (Lipinski definition) is 2. The number of carbonyl (C=O) groups is 2. The van der Waals surface area contributed by atoms with Crippen LogP contribution < -0.4 is 25.2 Å². The van der Waals surface area contributed by atoms with Gasteiger partial charge in [0.1, 0.15) is 11.8 Å². The van der Waals surface area contributed by atoms with Crippen LogP contribution in [0.3, 0.4) is 0 Å². The lowest BCUT2D eigenvalue weighted by molar-refractivity contribution is -0.172. The molecule has 2 atom stereocenters. The first-order valence-electron chi connectivity index (χ1n) is 14.4. The molecule has 2 N–H and O–H groups in total. The predicted molar refractivity (Wildman–Crippen MR) is 174 cm³/mol. The summed E-state index contributed by atoms with van der Waals surface area (Å²) in [5, 5.41) is 5.99. The van der Waals surface area contributed by atoms with Crippen molar-refractivity contribution >= 4 is 62.4 Å². The number of urea groups is 1. The van der Waals surface area contributed by atoms with Crippen LogP contribution in [0, 0.1) is 0 Å². The molecule has 3 aromatic rings. The van der Waals surface area contributed by atoms with Crippen LogP contribution in [-0.4, -0.2) is 84.3 Å². The van der Waals surface area contributed by atoms with Crippen LogP contribution in [0.1, 0.15) is 18.9 Å². The molecule has 0 spiro atoms. The number of likely N-dealkylation sites (N-methyl/N-ethyl adjacent to an activating group) is 1. The summed E-state index contributed by atoms with van der Waals surface area (Å²) in [6.07, 6.45) is -1.12. The zero-order valence-electron chi connectivity index (χ0n) is 25.7. The lowest BCUT2D eigenvalue weighted by Gasteiger charge is -2.39. The van der Waals surface area contributed by atoms with Crippen molar-refractivity contribution in [1.29, 1.82) is 0 Å². The van der Waals surface area contributed by atoms with Crippen molar-refractivity contribution in [3.8, 4) is 5.75 Å². The van der Waals surface area contributed by atoms with Crippen LogP contribution in [0.5, 0.6) is 5.75 Å². The first kappa shape index (κ1) is 33.0. The fourth-order valence-electron chi connectivity index (χ4n) is 5.42. The molecule has 0 saturated carbocycles. The zero-order valence-corrected chi connectivity index (χ0v) is 27.3. The Morgan fingerprint density at radius 1 is 1.22 bits per heavy atom. The highest BCUT2D eigenvalue weighted by Crippen LogP contribution is 2.41. The quantitative estimate of drug-likeness (QED) is 0.251. The number of ether oxygens (including phenoxy) is 1. The van der Waals surface area contributed by atoms with E-state index in [0.717, 1.165) is 46.4 Å². The summed E-state index contributed by atoms with van der Waals surface area (Å²) in [7, 11) is 5.57. The minimum atomic E-state index is -4.63. The maximum Gasteiger partial charge on any atom is 0.408 e. The van der Waals surface area contributed by atoms with E-state index in [1.165, 1.54) is 19.4 Å². The van der Waals surface area contributed by atoms with Crippen LogP contribution in [0.15, 0.2) is 59.7 Å². The molecule has 1 saturated heterocycles. The maximum absolute atomic E-state index is 13.8. The number of hydrogen-bond acceptors (Lipinski definition) is 8. The van der Waals surface area contributed by atoms with Crippen molar-refractivity contribution in [3.63, 3.8) is 0 Å². The third-order valence-corrected chi connectivity index (χ3v) is 8.63. The highest BCUT2D eigenvalue weighted by atomic mass is 79.9. The number of rotatable bonds is 9. The molecule has 46 heavy (non-hydrogen) atoms. The number of benzene rings is 2. The summed E-state index contributed by atoms with van der Waals surface area (Å²) < 4.78 is 47.7. The zero-order chi connectivity index (χ0) is 33.3. The number of nitrogens with one attached hydrogen (secondary N) is 2. The van der Waals surface area contributed by atoms with Crippen molar-refractivity contribution in [1.82, 2.24) is 19.8 Å². The Morgan fingerprint density at radius 2 is 1.93 bits per heavy atom. The van der Waals surface area contributed by atoms with E-state index in [1.807, 2.05) is 20.2 Å². The first-order chi connectivity index (χ1) is 21.8. The van der Waals surface area contributed by atoms with Crippen LogP contribution >= 0.6 is 15.9 Å². The molecular weight excluding hydrogens is 669 g/mol. The normalized spacial score (nSPS) is 17.2. The Labute approximate surface area is 273 Å². The van der Waals surface area contributed by atoms with Gasteiger partial charge in [-0.3, -0.25) is 4.79 Å². The number of aromatic nitrogens is 2. The van der Waals surface area contributed by atoms with Crippen molar-refractivity contribution < 1.29 is 27.5 Å². The van der Waals surface area contributed by atoms with Crippen molar-refractivity contribution in [2.45, 2.75) is 38.1 Å². The van der Waals surface area contributed by atoms with E-state index < -0.39 is 24.2 Å². The molecule has 244 valence electrons. The van der Waals surface area contributed by atoms with E-state index in [4.69, 9.17) is 4.74 Å². The van der Waals surface area contributed by atoms with Gasteiger partial charge in [0.25, 0.3) is 0 Å². The Kier molecular flexibility index (Phi) is 9.44. The summed E-state index contributed by atoms with van der Waals surface area (Å²) in [4.78, 5) is 41.2. The number of amides is 3. The van der Waals surface area contributed by atoms with E-state index in [-0.39, 0.29) is 18.3 Å². The summed E-state index contributed by atoms with van der Waals surface area (Å²) >= 11 is 3.35. The third kappa shape index (κ3) is 6.75. The van der Waals surface area contributed by atoms with E-state index in [2.05, 4.69) is 52.9 Å². The molecule has 5 rings (SSSR count). The van der Waals surface area contributed by atoms with Gasteiger partial charge in [-0.1, -0.05) is 22.5 Å². The fraction of sp³-hybridized carbons (Fsp3) is 0.355. The summed E-state index contributed by atoms with van der Waals surface area (Å²) in [6.45, 7) is 5.70. The number of nitrogens with zero attached hydrogens (tertiary/aromatic N) is 6. The van der Waals surface area contributed by atoms with Crippen LogP contribution in [-0.2, 0) is 11.3 Å². The number of carbonyl (C=O) groups excluding carboxylic acids is 2. The number of halogens is 4. The molecular formula is C31H34BrF3N8O3. The van der Waals surface area contributed by atoms with E-state index >= 15 is 0 Å². The van der Waals surface area contributed by atoms with Gasteiger partial charge < -0.3 is 30.1 Å². The summed E-state index contributed by atoms with van der Waals surface area (Å²) in [5.74, 6) is 0.240. The molecule has 1 fully saturated rings. The van der Waals surface area contributed by atoms with Crippen LogP contribution in [0.2, 0.25) is 0 Å². The van der Waals surface area contributed by atoms with E-state index in [0.29, 0.717) is 34.4 Å².